The van der Waals surface area contributed by atoms with E-state index in [1.54, 1.807) is 0 Å². The van der Waals surface area contributed by atoms with Crippen molar-refractivity contribution < 1.29 is 4.79 Å². The SMILES string of the molecule is CCCC1CCC(=O)N(CCc2ccccc2N)CC1. The summed E-state index contributed by atoms with van der Waals surface area (Å²) in [6, 6.07) is 7.94. The molecule has 110 valence electrons. The molecule has 20 heavy (non-hydrogen) atoms. The Hall–Kier alpha value is -1.51. The van der Waals surface area contributed by atoms with Crippen LogP contribution < -0.4 is 5.73 Å². The van der Waals surface area contributed by atoms with Crippen molar-refractivity contribution in [3.63, 3.8) is 0 Å². The molecule has 0 aromatic heterocycles. The van der Waals surface area contributed by atoms with Crippen LogP contribution in [0.5, 0.6) is 0 Å². The van der Waals surface area contributed by atoms with Crippen LogP contribution in [0.1, 0.15) is 44.6 Å². The van der Waals surface area contributed by atoms with Gasteiger partial charge in [0.05, 0.1) is 0 Å². The van der Waals surface area contributed by atoms with E-state index < -0.39 is 0 Å². The summed E-state index contributed by atoms with van der Waals surface area (Å²) in [5.41, 5.74) is 7.94. The van der Waals surface area contributed by atoms with E-state index in [2.05, 4.69) is 13.0 Å². The van der Waals surface area contributed by atoms with E-state index in [1.807, 2.05) is 23.1 Å². The third kappa shape index (κ3) is 3.99. The zero-order chi connectivity index (χ0) is 14.4. The van der Waals surface area contributed by atoms with E-state index in [9.17, 15) is 4.79 Å². The summed E-state index contributed by atoms with van der Waals surface area (Å²) in [5, 5.41) is 0. The Labute approximate surface area is 122 Å². The first-order chi connectivity index (χ1) is 9.70. The molecular formula is C17H26N2O. The summed E-state index contributed by atoms with van der Waals surface area (Å²) in [4.78, 5) is 14.2. The second kappa shape index (κ2) is 7.32. The van der Waals surface area contributed by atoms with Crippen LogP contribution in [0.15, 0.2) is 24.3 Å². The minimum atomic E-state index is 0.318. The van der Waals surface area contributed by atoms with Crippen LogP contribution in [-0.4, -0.2) is 23.9 Å². The Balaban J connectivity index is 1.89. The lowest BCUT2D eigenvalue weighted by atomic mass is 9.96. The molecule has 1 aliphatic heterocycles. The third-order valence-corrected chi connectivity index (χ3v) is 4.33. The van der Waals surface area contributed by atoms with Gasteiger partial charge in [-0.05, 0) is 36.8 Å². The maximum Gasteiger partial charge on any atom is 0.222 e. The highest BCUT2D eigenvalue weighted by Crippen LogP contribution is 2.23. The van der Waals surface area contributed by atoms with E-state index in [1.165, 1.54) is 12.8 Å². The van der Waals surface area contributed by atoms with Gasteiger partial charge in [-0.25, -0.2) is 0 Å². The van der Waals surface area contributed by atoms with Gasteiger partial charge >= 0.3 is 0 Å². The van der Waals surface area contributed by atoms with E-state index in [0.29, 0.717) is 5.91 Å². The molecule has 1 heterocycles. The van der Waals surface area contributed by atoms with Gasteiger partial charge in [0.1, 0.15) is 0 Å². The molecule has 1 aromatic carbocycles. The highest BCUT2D eigenvalue weighted by atomic mass is 16.2. The Morgan fingerprint density at radius 1 is 1.30 bits per heavy atom. The van der Waals surface area contributed by atoms with Crippen molar-refractivity contribution in [2.45, 2.75) is 45.4 Å². The molecule has 1 fully saturated rings. The van der Waals surface area contributed by atoms with E-state index in [4.69, 9.17) is 5.73 Å². The van der Waals surface area contributed by atoms with Gasteiger partial charge in [-0.15, -0.1) is 0 Å². The van der Waals surface area contributed by atoms with Gasteiger partial charge in [-0.1, -0.05) is 38.0 Å². The second-order valence-corrected chi connectivity index (χ2v) is 5.81. The minimum absolute atomic E-state index is 0.318. The lowest BCUT2D eigenvalue weighted by Gasteiger charge is -2.21. The number of rotatable bonds is 5. The molecule has 0 bridgehead atoms. The Kier molecular flexibility index (Phi) is 5.45. The molecule has 1 unspecified atom stereocenters. The quantitative estimate of drug-likeness (QED) is 0.838. The fourth-order valence-electron chi connectivity index (χ4n) is 3.04. The normalized spacial score (nSPS) is 19.9. The number of nitrogens with zero attached hydrogens (tertiary/aromatic N) is 1. The Morgan fingerprint density at radius 3 is 2.85 bits per heavy atom. The molecular weight excluding hydrogens is 248 g/mol. The van der Waals surface area contributed by atoms with Crippen LogP contribution in [0.2, 0.25) is 0 Å². The fraction of sp³-hybridized carbons (Fsp3) is 0.588. The largest absolute Gasteiger partial charge is 0.399 e. The molecule has 1 atom stereocenters. The lowest BCUT2D eigenvalue weighted by Crippen LogP contribution is -2.32. The smallest absolute Gasteiger partial charge is 0.222 e. The summed E-state index contributed by atoms with van der Waals surface area (Å²) in [6.45, 7) is 3.94. The van der Waals surface area contributed by atoms with Crippen molar-refractivity contribution in [1.29, 1.82) is 0 Å². The van der Waals surface area contributed by atoms with Crippen molar-refractivity contribution in [3.8, 4) is 0 Å². The van der Waals surface area contributed by atoms with Gasteiger partial charge in [-0.3, -0.25) is 4.79 Å². The molecule has 1 aliphatic rings. The summed E-state index contributed by atoms with van der Waals surface area (Å²) in [6.07, 6.45) is 6.28. The van der Waals surface area contributed by atoms with Crippen LogP contribution in [0.25, 0.3) is 0 Å². The molecule has 1 amide bonds. The summed E-state index contributed by atoms with van der Waals surface area (Å²) in [5.74, 6) is 1.05. The van der Waals surface area contributed by atoms with Crippen molar-refractivity contribution >= 4 is 11.6 Å². The van der Waals surface area contributed by atoms with Crippen LogP contribution in [0, 0.1) is 5.92 Å². The van der Waals surface area contributed by atoms with Gasteiger partial charge in [0.2, 0.25) is 5.91 Å². The molecule has 0 radical (unpaired) electrons. The number of hydrogen-bond acceptors (Lipinski definition) is 2. The lowest BCUT2D eigenvalue weighted by molar-refractivity contribution is -0.130. The van der Waals surface area contributed by atoms with Gasteiger partial charge in [0, 0.05) is 25.2 Å². The minimum Gasteiger partial charge on any atom is -0.399 e. The summed E-state index contributed by atoms with van der Waals surface area (Å²) in [7, 11) is 0. The standard InChI is InChI=1S/C17H26N2O/c1-2-5-14-8-9-17(20)19(12-10-14)13-11-15-6-3-4-7-16(15)18/h3-4,6-7,14H,2,5,8-13,18H2,1H3. The average Bonchev–Trinajstić information content (AvgIpc) is 2.62. The molecule has 0 saturated carbocycles. The summed E-state index contributed by atoms with van der Waals surface area (Å²) < 4.78 is 0. The van der Waals surface area contributed by atoms with E-state index >= 15 is 0 Å². The Morgan fingerprint density at radius 2 is 2.10 bits per heavy atom. The van der Waals surface area contributed by atoms with Crippen molar-refractivity contribution in [2.75, 3.05) is 18.8 Å². The molecule has 0 spiro atoms. The number of anilines is 1. The number of carbonyl (C=O) groups is 1. The molecule has 3 nitrogen and oxygen atoms in total. The predicted molar refractivity (Wildman–Crippen MR) is 83.4 cm³/mol. The topological polar surface area (TPSA) is 46.3 Å². The molecule has 2 rings (SSSR count). The number of para-hydroxylation sites is 1. The maximum absolute atomic E-state index is 12.2. The zero-order valence-electron chi connectivity index (χ0n) is 12.5. The van der Waals surface area contributed by atoms with Crippen molar-refractivity contribution in [2.24, 2.45) is 5.92 Å². The number of likely N-dealkylation sites (tertiary alicyclic amines) is 1. The molecule has 0 aliphatic carbocycles. The monoisotopic (exact) mass is 274 g/mol. The maximum atomic E-state index is 12.2. The highest BCUT2D eigenvalue weighted by Gasteiger charge is 2.21. The van der Waals surface area contributed by atoms with E-state index in [-0.39, 0.29) is 0 Å². The van der Waals surface area contributed by atoms with Crippen LogP contribution >= 0.6 is 0 Å². The predicted octanol–water partition coefficient (Wildman–Crippen LogP) is 3.24. The molecule has 1 saturated heterocycles. The molecule has 2 N–H and O–H groups in total. The van der Waals surface area contributed by atoms with E-state index in [0.717, 1.165) is 55.9 Å². The third-order valence-electron chi connectivity index (χ3n) is 4.33. The highest BCUT2D eigenvalue weighted by molar-refractivity contribution is 5.76. The number of nitrogen functional groups attached to an aromatic ring is 1. The second-order valence-electron chi connectivity index (χ2n) is 5.81. The average molecular weight is 274 g/mol. The number of nitrogens with two attached hydrogens (primary N) is 1. The van der Waals surface area contributed by atoms with Gasteiger partial charge in [0.15, 0.2) is 0 Å². The fourth-order valence-corrected chi connectivity index (χ4v) is 3.04. The first kappa shape index (κ1) is 14.9. The van der Waals surface area contributed by atoms with Gasteiger partial charge in [0.25, 0.3) is 0 Å². The van der Waals surface area contributed by atoms with Crippen LogP contribution in [0.3, 0.4) is 0 Å². The number of amides is 1. The van der Waals surface area contributed by atoms with Crippen LogP contribution in [-0.2, 0) is 11.2 Å². The Bertz CT molecular complexity index is 444. The van der Waals surface area contributed by atoms with Crippen molar-refractivity contribution in [1.82, 2.24) is 4.90 Å². The zero-order valence-corrected chi connectivity index (χ0v) is 12.5. The first-order valence-corrected chi connectivity index (χ1v) is 7.82. The summed E-state index contributed by atoms with van der Waals surface area (Å²) >= 11 is 0. The van der Waals surface area contributed by atoms with Gasteiger partial charge < -0.3 is 10.6 Å². The van der Waals surface area contributed by atoms with Gasteiger partial charge in [-0.2, -0.15) is 0 Å². The first-order valence-electron chi connectivity index (χ1n) is 7.82. The molecule has 3 heteroatoms. The number of hydrogen-bond donors (Lipinski definition) is 1. The van der Waals surface area contributed by atoms with Crippen molar-refractivity contribution in [3.05, 3.63) is 29.8 Å². The number of benzene rings is 1. The van der Waals surface area contributed by atoms with Crippen LogP contribution in [0.4, 0.5) is 5.69 Å². The molecule has 1 aromatic rings. The number of carbonyl (C=O) groups excluding carboxylic acids is 1.